The quantitative estimate of drug-likeness (QED) is 0.884. The van der Waals surface area contributed by atoms with Gasteiger partial charge in [-0.05, 0) is 24.3 Å². The molecule has 1 N–H and O–H groups in total. The van der Waals surface area contributed by atoms with Crippen LogP contribution in [-0.2, 0) is 4.74 Å². The zero-order valence-corrected chi connectivity index (χ0v) is 12.7. The van der Waals surface area contributed by atoms with Crippen LogP contribution in [0.15, 0.2) is 42.6 Å². The van der Waals surface area contributed by atoms with Crippen LogP contribution in [0.1, 0.15) is 10.4 Å². The summed E-state index contributed by atoms with van der Waals surface area (Å²) in [6.07, 6.45) is 1.54. The predicted octanol–water partition coefficient (Wildman–Crippen LogP) is 2.82. The maximum atomic E-state index is 12.5. The number of ether oxygens (including phenoxy) is 1. The summed E-state index contributed by atoms with van der Waals surface area (Å²) >= 11 is 5.75. The molecule has 0 atom stereocenters. The lowest BCUT2D eigenvalue weighted by Gasteiger charge is -2.30. The average molecular weight is 318 g/mol. The van der Waals surface area contributed by atoms with Crippen molar-refractivity contribution in [2.24, 2.45) is 0 Å². The lowest BCUT2D eigenvalue weighted by Crippen LogP contribution is -2.37. The molecule has 6 heteroatoms. The third-order valence-electron chi connectivity index (χ3n) is 3.49. The van der Waals surface area contributed by atoms with E-state index in [2.05, 4.69) is 15.2 Å². The number of benzene rings is 1. The monoisotopic (exact) mass is 317 g/mol. The minimum absolute atomic E-state index is 0.161. The Kier molecular flexibility index (Phi) is 4.56. The third-order valence-corrected chi connectivity index (χ3v) is 3.71. The number of anilines is 2. The summed E-state index contributed by atoms with van der Waals surface area (Å²) in [6.45, 7) is 2.92. The number of nitrogens with one attached hydrogen (secondary N) is 1. The van der Waals surface area contributed by atoms with E-state index < -0.39 is 0 Å². The molecule has 0 saturated carbocycles. The second-order valence-electron chi connectivity index (χ2n) is 4.94. The van der Waals surface area contributed by atoms with Gasteiger partial charge in [0.1, 0.15) is 5.15 Å². The topological polar surface area (TPSA) is 54.5 Å². The molecule has 2 heterocycles. The summed E-state index contributed by atoms with van der Waals surface area (Å²) in [5.74, 6) is -0.161. The third kappa shape index (κ3) is 3.37. The molecule has 0 radical (unpaired) electrons. The molecule has 2 aromatic rings. The lowest BCUT2D eigenvalue weighted by atomic mass is 10.1. The highest BCUT2D eigenvalue weighted by atomic mass is 35.5. The number of pyridine rings is 1. The van der Waals surface area contributed by atoms with E-state index in [-0.39, 0.29) is 5.91 Å². The molecular formula is C16H16ClN3O2. The molecule has 3 rings (SSSR count). The second kappa shape index (κ2) is 6.77. The first kappa shape index (κ1) is 14.8. The van der Waals surface area contributed by atoms with E-state index in [0.717, 1.165) is 18.8 Å². The number of nitrogens with zero attached hydrogens (tertiary/aromatic N) is 2. The summed E-state index contributed by atoms with van der Waals surface area (Å²) < 4.78 is 5.37. The van der Waals surface area contributed by atoms with E-state index in [4.69, 9.17) is 16.3 Å². The molecule has 1 aromatic heterocycles. The van der Waals surface area contributed by atoms with Gasteiger partial charge in [-0.1, -0.05) is 23.7 Å². The van der Waals surface area contributed by atoms with Crippen molar-refractivity contribution in [3.05, 3.63) is 53.3 Å². The van der Waals surface area contributed by atoms with Gasteiger partial charge in [0, 0.05) is 18.8 Å². The van der Waals surface area contributed by atoms with Crippen molar-refractivity contribution in [2.45, 2.75) is 0 Å². The van der Waals surface area contributed by atoms with Crippen molar-refractivity contribution in [3.63, 3.8) is 0 Å². The molecule has 1 amide bonds. The van der Waals surface area contributed by atoms with E-state index in [1.165, 1.54) is 6.20 Å². The summed E-state index contributed by atoms with van der Waals surface area (Å²) in [5.41, 5.74) is 2.18. The highest BCUT2D eigenvalue weighted by molar-refractivity contribution is 6.29. The summed E-state index contributed by atoms with van der Waals surface area (Å²) in [7, 11) is 0. The molecule has 5 nitrogen and oxygen atoms in total. The molecule has 1 fully saturated rings. The van der Waals surface area contributed by atoms with Gasteiger partial charge < -0.3 is 15.0 Å². The Morgan fingerprint density at radius 3 is 2.68 bits per heavy atom. The van der Waals surface area contributed by atoms with Crippen molar-refractivity contribution in [1.82, 2.24) is 4.98 Å². The molecule has 0 unspecified atom stereocenters. The molecular weight excluding hydrogens is 302 g/mol. The Hall–Kier alpha value is -2.11. The molecule has 1 aromatic carbocycles. The number of amides is 1. The number of aromatic nitrogens is 1. The molecule has 1 aliphatic rings. The Labute approximate surface area is 133 Å². The fourth-order valence-corrected chi connectivity index (χ4v) is 2.51. The minimum atomic E-state index is -0.161. The molecule has 0 spiro atoms. The van der Waals surface area contributed by atoms with Crippen molar-refractivity contribution in [3.8, 4) is 0 Å². The van der Waals surface area contributed by atoms with Crippen molar-refractivity contribution < 1.29 is 9.53 Å². The van der Waals surface area contributed by atoms with Gasteiger partial charge in [-0.15, -0.1) is 0 Å². The number of hydrogen-bond acceptors (Lipinski definition) is 4. The Bertz CT molecular complexity index is 655. The summed E-state index contributed by atoms with van der Waals surface area (Å²) in [4.78, 5) is 18.7. The normalized spacial score (nSPS) is 14.7. The van der Waals surface area contributed by atoms with E-state index in [1.807, 2.05) is 24.3 Å². The van der Waals surface area contributed by atoms with Crippen LogP contribution in [0.4, 0.5) is 11.4 Å². The van der Waals surface area contributed by atoms with Crippen LogP contribution in [0.3, 0.4) is 0 Å². The first-order valence-corrected chi connectivity index (χ1v) is 7.46. The zero-order chi connectivity index (χ0) is 15.4. The van der Waals surface area contributed by atoms with E-state index >= 15 is 0 Å². The first-order chi connectivity index (χ1) is 10.7. The number of halogens is 1. The number of carbonyl (C=O) groups excluding carboxylic acids is 1. The lowest BCUT2D eigenvalue weighted by molar-refractivity contribution is 0.102. The molecule has 0 aliphatic carbocycles. The number of rotatable bonds is 3. The van der Waals surface area contributed by atoms with Crippen LogP contribution in [-0.4, -0.2) is 37.2 Å². The SMILES string of the molecule is O=C(Nc1ccc(Cl)nc1)c1ccccc1N1CCOCC1. The smallest absolute Gasteiger partial charge is 0.257 e. The Morgan fingerprint density at radius 2 is 1.95 bits per heavy atom. The van der Waals surface area contributed by atoms with Gasteiger partial charge >= 0.3 is 0 Å². The van der Waals surface area contributed by atoms with Crippen LogP contribution >= 0.6 is 11.6 Å². The van der Waals surface area contributed by atoms with E-state index in [1.54, 1.807) is 12.1 Å². The summed E-state index contributed by atoms with van der Waals surface area (Å²) in [6, 6.07) is 10.9. The molecule has 1 aliphatic heterocycles. The molecule has 22 heavy (non-hydrogen) atoms. The maximum absolute atomic E-state index is 12.5. The maximum Gasteiger partial charge on any atom is 0.257 e. The Morgan fingerprint density at radius 1 is 1.18 bits per heavy atom. The average Bonchev–Trinajstić information content (AvgIpc) is 2.58. The minimum Gasteiger partial charge on any atom is -0.378 e. The highest BCUT2D eigenvalue weighted by Crippen LogP contribution is 2.22. The van der Waals surface area contributed by atoms with Gasteiger partial charge in [-0.3, -0.25) is 4.79 Å². The van der Waals surface area contributed by atoms with Crippen LogP contribution < -0.4 is 10.2 Å². The summed E-state index contributed by atoms with van der Waals surface area (Å²) in [5, 5.41) is 3.24. The van der Waals surface area contributed by atoms with Crippen molar-refractivity contribution >= 4 is 28.9 Å². The fourth-order valence-electron chi connectivity index (χ4n) is 2.39. The standard InChI is InChI=1S/C16H16ClN3O2/c17-15-6-5-12(11-18-15)19-16(21)13-3-1-2-4-14(13)20-7-9-22-10-8-20/h1-6,11H,7-10H2,(H,19,21). The predicted molar refractivity (Wildman–Crippen MR) is 86.7 cm³/mol. The van der Waals surface area contributed by atoms with Crippen LogP contribution in [0.25, 0.3) is 0 Å². The van der Waals surface area contributed by atoms with Crippen molar-refractivity contribution in [1.29, 1.82) is 0 Å². The molecule has 1 saturated heterocycles. The Balaban J connectivity index is 1.81. The van der Waals surface area contributed by atoms with E-state index in [9.17, 15) is 4.79 Å². The second-order valence-corrected chi connectivity index (χ2v) is 5.33. The van der Waals surface area contributed by atoms with Gasteiger partial charge in [0.15, 0.2) is 0 Å². The first-order valence-electron chi connectivity index (χ1n) is 7.09. The largest absolute Gasteiger partial charge is 0.378 e. The number of hydrogen-bond donors (Lipinski definition) is 1. The van der Waals surface area contributed by atoms with Gasteiger partial charge in [0.05, 0.1) is 30.7 Å². The van der Waals surface area contributed by atoms with Crippen LogP contribution in [0.2, 0.25) is 5.15 Å². The number of morpholine rings is 1. The molecule has 0 bridgehead atoms. The fraction of sp³-hybridized carbons (Fsp3) is 0.250. The zero-order valence-electron chi connectivity index (χ0n) is 12.0. The van der Waals surface area contributed by atoms with Gasteiger partial charge in [-0.2, -0.15) is 0 Å². The van der Waals surface area contributed by atoms with Crippen LogP contribution in [0.5, 0.6) is 0 Å². The van der Waals surface area contributed by atoms with E-state index in [0.29, 0.717) is 29.6 Å². The van der Waals surface area contributed by atoms with Crippen molar-refractivity contribution in [2.75, 3.05) is 36.5 Å². The number of carbonyl (C=O) groups is 1. The molecule has 114 valence electrons. The number of para-hydroxylation sites is 1. The van der Waals surface area contributed by atoms with Gasteiger partial charge in [0.2, 0.25) is 0 Å². The van der Waals surface area contributed by atoms with Gasteiger partial charge in [-0.25, -0.2) is 4.98 Å². The van der Waals surface area contributed by atoms with Crippen LogP contribution in [0, 0.1) is 0 Å². The highest BCUT2D eigenvalue weighted by Gasteiger charge is 2.18. The van der Waals surface area contributed by atoms with Gasteiger partial charge in [0.25, 0.3) is 5.91 Å².